The van der Waals surface area contributed by atoms with Crippen LogP contribution in [0, 0.1) is 11.8 Å². The van der Waals surface area contributed by atoms with E-state index in [0.29, 0.717) is 13.1 Å². The number of aromatic nitrogens is 3. The molecule has 8 heteroatoms. The summed E-state index contributed by atoms with van der Waals surface area (Å²) in [6, 6.07) is 9.94. The fraction of sp³-hybridized carbons (Fsp3) is 0.474. The van der Waals surface area contributed by atoms with Gasteiger partial charge in [0.2, 0.25) is 0 Å². The number of nitrogens with zero attached hydrogens (tertiary/aromatic N) is 5. The first kappa shape index (κ1) is 18.9. The lowest BCUT2D eigenvalue weighted by Crippen LogP contribution is -2.40. The second kappa shape index (κ2) is 8.66. The number of guanidine groups is 1. The van der Waals surface area contributed by atoms with Crippen LogP contribution in [0.3, 0.4) is 0 Å². The van der Waals surface area contributed by atoms with Gasteiger partial charge in [-0.15, -0.1) is 10.2 Å². The largest absolute Gasteiger partial charge is 0.469 e. The number of hydrogen-bond donors (Lipinski definition) is 1. The van der Waals surface area contributed by atoms with E-state index in [1.54, 1.807) is 6.33 Å². The lowest BCUT2D eigenvalue weighted by molar-refractivity contribution is -0.145. The van der Waals surface area contributed by atoms with Crippen LogP contribution >= 0.6 is 0 Å². The number of methoxy groups -OCH3 is 1. The molecule has 3 rings (SSSR count). The molecule has 1 fully saturated rings. The maximum atomic E-state index is 12.0. The standard InChI is InChI=1S/C19H26N6O2/c1-4-20-19(24-11-14(2)16(12-24)18(26)27-3)21-10-17-23-22-13-25(17)15-8-6-5-7-9-15/h5-9,13-14,16H,4,10-12H2,1-3H3,(H,20,21). The SMILES string of the molecule is CCNC(=NCc1nncn1-c1ccccc1)N1CC(C)C(C(=O)OC)C1. The van der Waals surface area contributed by atoms with Gasteiger partial charge in [0.25, 0.3) is 0 Å². The average Bonchev–Trinajstić information content (AvgIpc) is 3.32. The highest BCUT2D eigenvalue weighted by molar-refractivity contribution is 5.82. The Kier molecular flexibility index (Phi) is 6.05. The molecule has 2 heterocycles. The van der Waals surface area contributed by atoms with E-state index in [9.17, 15) is 4.79 Å². The second-order valence-corrected chi connectivity index (χ2v) is 6.63. The smallest absolute Gasteiger partial charge is 0.310 e. The lowest BCUT2D eigenvalue weighted by atomic mass is 9.99. The Bertz CT molecular complexity index is 789. The summed E-state index contributed by atoms with van der Waals surface area (Å²) in [5.41, 5.74) is 0.998. The Morgan fingerprint density at radius 3 is 2.81 bits per heavy atom. The fourth-order valence-electron chi connectivity index (χ4n) is 3.34. The first-order chi connectivity index (χ1) is 13.1. The number of likely N-dealkylation sites (tertiary alicyclic amines) is 1. The van der Waals surface area contributed by atoms with E-state index in [-0.39, 0.29) is 17.8 Å². The first-order valence-corrected chi connectivity index (χ1v) is 9.19. The van der Waals surface area contributed by atoms with Crippen LogP contribution in [0.25, 0.3) is 5.69 Å². The summed E-state index contributed by atoms with van der Waals surface area (Å²) < 4.78 is 6.86. The van der Waals surface area contributed by atoms with E-state index < -0.39 is 0 Å². The molecule has 2 aromatic rings. The van der Waals surface area contributed by atoms with E-state index in [2.05, 4.69) is 27.3 Å². The van der Waals surface area contributed by atoms with Gasteiger partial charge in [-0.2, -0.15) is 0 Å². The molecule has 144 valence electrons. The third-order valence-electron chi connectivity index (χ3n) is 4.77. The lowest BCUT2D eigenvalue weighted by Gasteiger charge is -2.21. The molecule has 1 N–H and O–H groups in total. The fourth-order valence-corrected chi connectivity index (χ4v) is 3.34. The van der Waals surface area contributed by atoms with Gasteiger partial charge in [0.1, 0.15) is 12.9 Å². The van der Waals surface area contributed by atoms with E-state index >= 15 is 0 Å². The molecule has 1 aliphatic heterocycles. The quantitative estimate of drug-likeness (QED) is 0.487. The molecular weight excluding hydrogens is 344 g/mol. The van der Waals surface area contributed by atoms with Crippen molar-refractivity contribution < 1.29 is 9.53 Å². The van der Waals surface area contributed by atoms with E-state index in [4.69, 9.17) is 9.73 Å². The summed E-state index contributed by atoms with van der Waals surface area (Å²) in [5.74, 6) is 1.46. The molecule has 0 spiro atoms. The molecule has 27 heavy (non-hydrogen) atoms. The Morgan fingerprint density at radius 2 is 2.11 bits per heavy atom. The molecular formula is C19H26N6O2. The van der Waals surface area contributed by atoms with Gasteiger partial charge in [-0.25, -0.2) is 4.99 Å². The average molecular weight is 370 g/mol. The van der Waals surface area contributed by atoms with Crippen molar-refractivity contribution in [2.45, 2.75) is 20.4 Å². The van der Waals surface area contributed by atoms with E-state index in [1.165, 1.54) is 7.11 Å². The molecule has 1 aromatic carbocycles. The number of aliphatic imine (C=N–C) groups is 1. The summed E-state index contributed by atoms with van der Waals surface area (Å²) >= 11 is 0. The summed E-state index contributed by atoms with van der Waals surface area (Å²) in [6.45, 7) is 6.60. The zero-order chi connectivity index (χ0) is 19.2. The van der Waals surface area contributed by atoms with Crippen molar-refractivity contribution in [3.8, 4) is 5.69 Å². The highest BCUT2D eigenvalue weighted by Gasteiger charge is 2.36. The number of carbonyl (C=O) groups excluding carboxylic acids is 1. The van der Waals surface area contributed by atoms with Gasteiger partial charge >= 0.3 is 5.97 Å². The van der Waals surface area contributed by atoms with Crippen molar-refractivity contribution in [3.05, 3.63) is 42.5 Å². The molecule has 2 unspecified atom stereocenters. The predicted molar refractivity (Wildman–Crippen MR) is 102 cm³/mol. The topological polar surface area (TPSA) is 84.6 Å². The number of hydrogen-bond acceptors (Lipinski definition) is 5. The molecule has 8 nitrogen and oxygen atoms in total. The molecule has 1 aliphatic rings. The summed E-state index contributed by atoms with van der Waals surface area (Å²) in [4.78, 5) is 18.8. The first-order valence-electron chi connectivity index (χ1n) is 9.19. The predicted octanol–water partition coefficient (Wildman–Crippen LogP) is 1.47. The second-order valence-electron chi connectivity index (χ2n) is 6.63. The van der Waals surface area contributed by atoms with Crippen LogP contribution in [0.15, 0.2) is 41.7 Å². The molecule has 0 amide bonds. The van der Waals surface area contributed by atoms with Crippen LogP contribution in [0.4, 0.5) is 0 Å². The number of esters is 1. The number of ether oxygens (including phenoxy) is 1. The summed E-state index contributed by atoms with van der Waals surface area (Å²) in [5, 5.41) is 11.5. The van der Waals surface area contributed by atoms with Crippen LogP contribution in [-0.4, -0.2) is 58.3 Å². The molecule has 0 saturated carbocycles. The van der Waals surface area contributed by atoms with Gasteiger partial charge in [-0.1, -0.05) is 25.1 Å². The molecule has 2 atom stereocenters. The molecule has 0 aliphatic carbocycles. The zero-order valence-corrected chi connectivity index (χ0v) is 16.0. The zero-order valence-electron chi connectivity index (χ0n) is 16.0. The van der Waals surface area contributed by atoms with Crippen molar-refractivity contribution in [1.82, 2.24) is 25.0 Å². The Balaban J connectivity index is 1.76. The normalized spacial score (nSPS) is 20.0. The van der Waals surface area contributed by atoms with E-state index in [0.717, 1.165) is 30.6 Å². The number of para-hydroxylation sites is 1. The van der Waals surface area contributed by atoms with Gasteiger partial charge in [-0.3, -0.25) is 9.36 Å². The number of nitrogens with one attached hydrogen (secondary N) is 1. The van der Waals surface area contributed by atoms with Crippen molar-refractivity contribution in [2.75, 3.05) is 26.7 Å². The molecule has 0 radical (unpaired) electrons. The minimum Gasteiger partial charge on any atom is -0.469 e. The minimum atomic E-state index is -0.162. The van der Waals surface area contributed by atoms with Crippen LogP contribution in [-0.2, 0) is 16.1 Å². The maximum Gasteiger partial charge on any atom is 0.310 e. The molecule has 1 aromatic heterocycles. The van der Waals surface area contributed by atoms with Crippen molar-refractivity contribution in [3.63, 3.8) is 0 Å². The van der Waals surface area contributed by atoms with E-state index in [1.807, 2.05) is 41.8 Å². The van der Waals surface area contributed by atoms with Gasteiger partial charge in [0.05, 0.1) is 13.0 Å². The van der Waals surface area contributed by atoms with Crippen LogP contribution in [0.2, 0.25) is 0 Å². The summed E-state index contributed by atoms with van der Waals surface area (Å²) in [6.07, 6.45) is 1.69. The number of rotatable bonds is 5. The monoisotopic (exact) mass is 370 g/mol. The Hall–Kier alpha value is -2.90. The van der Waals surface area contributed by atoms with Crippen molar-refractivity contribution >= 4 is 11.9 Å². The molecule has 0 bridgehead atoms. The third kappa shape index (κ3) is 4.27. The minimum absolute atomic E-state index is 0.133. The Labute approximate surface area is 159 Å². The number of carbonyl (C=O) groups is 1. The number of benzene rings is 1. The molecule has 1 saturated heterocycles. The maximum absolute atomic E-state index is 12.0. The van der Waals surface area contributed by atoms with Gasteiger partial charge in [-0.05, 0) is 25.0 Å². The highest BCUT2D eigenvalue weighted by Crippen LogP contribution is 2.24. The Morgan fingerprint density at radius 1 is 1.33 bits per heavy atom. The third-order valence-corrected chi connectivity index (χ3v) is 4.77. The van der Waals surface area contributed by atoms with Crippen molar-refractivity contribution in [2.24, 2.45) is 16.8 Å². The van der Waals surface area contributed by atoms with Gasteiger partial charge < -0.3 is 15.0 Å². The van der Waals surface area contributed by atoms with Gasteiger partial charge in [0.15, 0.2) is 11.8 Å². The van der Waals surface area contributed by atoms with Crippen molar-refractivity contribution in [1.29, 1.82) is 0 Å². The van der Waals surface area contributed by atoms with Gasteiger partial charge in [0, 0.05) is 25.3 Å². The van der Waals surface area contributed by atoms with Crippen LogP contribution in [0.5, 0.6) is 0 Å². The van der Waals surface area contributed by atoms with Crippen LogP contribution in [0.1, 0.15) is 19.7 Å². The highest BCUT2D eigenvalue weighted by atomic mass is 16.5. The summed E-state index contributed by atoms with van der Waals surface area (Å²) in [7, 11) is 1.44. The van der Waals surface area contributed by atoms with Crippen LogP contribution < -0.4 is 5.32 Å².